The predicted octanol–water partition coefficient (Wildman–Crippen LogP) is 5.17. The van der Waals surface area contributed by atoms with Gasteiger partial charge < -0.3 is 40.5 Å². The van der Waals surface area contributed by atoms with Crippen molar-refractivity contribution in [2.24, 2.45) is 17.6 Å². The summed E-state index contributed by atoms with van der Waals surface area (Å²) in [6.45, 7) is 8.50. The molecule has 0 saturated carbocycles. The summed E-state index contributed by atoms with van der Waals surface area (Å²) in [5.74, 6) is 2.50. The van der Waals surface area contributed by atoms with Crippen molar-refractivity contribution in [2.75, 3.05) is 30.9 Å². The van der Waals surface area contributed by atoms with Gasteiger partial charge in [0.1, 0.15) is 25.0 Å². The van der Waals surface area contributed by atoms with Crippen LogP contribution in [0.1, 0.15) is 113 Å². The van der Waals surface area contributed by atoms with Crippen molar-refractivity contribution < 1.29 is 59.8 Å². The van der Waals surface area contributed by atoms with Crippen LogP contribution in [-0.4, -0.2) is 114 Å². The summed E-state index contributed by atoms with van der Waals surface area (Å²) in [6, 6.07) is 13.1. The number of primary amides is 1. The lowest BCUT2D eigenvalue weighted by Crippen LogP contribution is -2.47. The minimum Gasteiger partial charge on any atom is -0.457 e. The standard InChI is InChI=1S/C57H67N9O14S2/c1-8-57(45-28-48-49-43(31-65(48)52(70)44(45)33-78-53(57)71)40(41-17-12-13-18-46(41)63-49)24-26-66(35(4)5)82(7,76)77)80-56(73)79-32-36-20-22-38(23-21-36)62-51(69)47(19-14-25-59-54(58)72)64-50(68)42(34(2)3)27-39(67)16-11-9-10-15-37-29-60-55(61-30-37)81(6,74)75/h12-13,17-18,20-23,28-30,34-35,42,47H,8-9,11,14,16,19,24-27,31-33H2,1-7H3,(H,62,69)(H,64,68)(H3,58,59,72)/t42-,47-,57-/m0/s1. The molecule has 4 amide bonds. The van der Waals surface area contributed by atoms with Crippen LogP contribution in [0, 0.1) is 23.7 Å². The zero-order valence-electron chi connectivity index (χ0n) is 46.7. The largest absolute Gasteiger partial charge is 0.510 e. The lowest BCUT2D eigenvalue weighted by molar-refractivity contribution is -0.175. The van der Waals surface area contributed by atoms with Gasteiger partial charge in [-0.1, -0.05) is 62.9 Å². The zero-order chi connectivity index (χ0) is 59.7. The number of anilines is 1. The van der Waals surface area contributed by atoms with Crippen LogP contribution in [0.2, 0.25) is 0 Å². The molecule has 0 unspecified atom stereocenters. The summed E-state index contributed by atoms with van der Waals surface area (Å²) in [5.41, 5.74) is 7.13. The quantitative estimate of drug-likeness (QED) is 0.0263. The van der Waals surface area contributed by atoms with E-state index in [2.05, 4.69) is 37.8 Å². The number of hydrogen-bond acceptors (Lipinski definition) is 17. The lowest BCUT2D eigenvalue weighted by Gasteiger charge is -2.35. The average molecular weight is 1170 g/mol. The molecular formula is C57H67N9O14S2. The SMILES string of the molecule is CC[C@@]1(OC(=O)OCc2ccc(NC(=O)[C@H](CCCNC(N)=O)NC(=O)[C@@H](CC(=O)CCCC#Cc3cnc(S(C)(=O)=O)nc3)C(C)C)cc2)C(=O)OCc2c1cc1n(c2=O)Cc2c-1nc1ccccc1c2CCN(C(C)C)S(C)(=O)=O. The third kappa shape index (κ3) is 14.7. The highest BCUT2D eigenvalue weighted by Gasteiger charge is 2.51. The molecule has 3 aromatic heterocycles. The van der Waals surface area contributed by atoms with Gasteiger partial charge in [0.25, 0.3) is 5.56 Å². The van der Waals surface area contributed by atoms with E-state index in [9.17, 15) is 50.4 Å². The molecule has 7 rings (SSSR count). The fraction of sp³-hybridized carbons (Fsp3) is 0.439. The van der Waals surface area contributed by atoms with E-state index in [0.717, 1.165) is 22.8 Å². The third-order valence-electron chi connectivity index (χ3n) is 14.2. The second kappa shape index (κ2) is 26.2. The number of benzene rings is 2. The van der Waals surface area contributed by atoms with Crippen LogP contribution in [0.3, 0.4) is 0 Å². The number of carbonyl (C=O) groups is 6. The van der Waals surface area contributed by atoms with Gasteiger partial charge in [-0.05, 0) is 87.3 Å². The lowest BCUT2D eigenvalue weighted by atomic mass is 9.85. The first-order chi connectivity index (χ1) is 38.8. The van der Waals surface area contributed by atoms with Crippen molar-refractivity contribution in [3.63, 3.8) is 0 Å². The van der Waals surface area contributed by atoms with Gasteiger partial charge in [0.2, 0.25) is 42.4 Å². The maximum Gasteiger partial charge on any atom is 0.510 e. The van der Waals surface area contributed by atoms with Gasteiger partial charge in [0.05, 0.1) is 40.8 Å². The number of rotatable bonds is 24. The number of aromatic nitrogens is 4. The number of esters is 1. The van der Waals surface area contributed by atoms with Gasteiger partial charge in [-0.3, -0.25) is 19.2 Å². The molecule has 0 spiro atoms. The summed E-state index contributed by atoms with van der Waals surface area (Å²) >= 11 is 0. The van der Waals surface area contributed by atoms with Crippen LogP contribution in [0.25, 0.3) is 22.3 Å². The van der Waals surface area contributed by atoms with E-state index >= 15 is 0 Å². The number of urea groups is 1. The molecule has 2 aromatic carbocycles. The Balaban J connectivity index is 0.994. The summed E-state index contributed by atoms with van der Waals surface area (Å²) in [7, 11) is -7.10. The van der Waals surface area contributed by atoms with Crippen molar-refractivity contribution in [1.29, 1.82) is 0 Å². The number of fused-ring (bicyclic) bond motifs is 5. The fourth-order valence-electron chi connectivity index (χ4n) is 9.97. The topological polar surface area (TPSA) is 324 Å². The van der Waals surface area contributed by atoms with Crippen molar-refractivity contribution in [3.8, 4) is 23.2 Å². The number of nitrogens with one attached hydrogen (secondary N) is 3. The van der Waals surface area contributed by atoms with Gasteiger partial charge >= 0.3 is 18.2 Å². The minimum atomic E-state index is -3.56. The van der Waals surface area contributed by atoms with Gasteiger partial charge in [-0.15, -0.1) is 0 Å². The normalized spacial score (nSPS) is 15.3. The Kier molecular flexibility index (Phi) is 19.7. The molecule has 0 bridgehead atoms. The smallest absolute Gasteiger partial charge is 0.457 e. The van der Waals surface area contributed by atoms with E-state index in [-0.39, 0.29) is 99.0 Å². The highest BCUT2D eigenvalue weighted by Crippen LogP contribution is 2.42. The number of ketones is 1. The summed E-state index contributed by atoms with van der Waals surface area (Å²) < 4.78 is 68.6. The van der Waals surface area contributed by atoms with Crippen molar-refractivity contribution in [3.05, 3.63) is 111 Å². The van der Waals surface area contributed by atoms with Crippen molar-refractivity contribution >= 4 is 72.2 Å². The van der Waals surface area contributed by atoms with Gasteiger partial charge in [0, 0.05) is 85.2 Å². The van der Waals surface area contributed by atoms with E-state index in [1.165, 1.54) is 27.5 Å². The Labute approximate surface area is 475 Å². The summed E-state index contributed by atoms with van der Waals surface area (Å²) in [6.07, 6.45) is 4.87. The van der Waals surface area contributed by atoms with E-state index in [1.54, 1.807) is 65.0 Å². The zero-order valence-corrected chi connectivity index (χ0v) is 48.3. The molecule has 82 heavy (non-hydrogen) atoms. The number of nitrogens with zero attached hydrogens (tertiary/aromatic N) is 5. The second-order valence-electron chi connectivity index (χ2n) is 20.8. The van der Waals surface area contributed by atoms with E-state index in [0.29, 0.717) is 53.0 Å². The number of para-hydroxylation sites is 1. The molecule has 5 N–H and O–H groups in total. The average Bonchev–Trinajstić information content (AvgIpc) is 3.42. The first-order valence-corrected chi connectivity index (χ1v) is 30.5. The number of sulfonamides is 1. The molecular weight excluding hydrogens is 1100 g/mol. The van der Waals surface area contributed by atoms with Crippen LogP contribution < -0.4 is 27.2 Å². The molecule has 5 heterocycles. The van der Waals surface area contributed by atoms with Crippen LogP contribution in [-0.2, 0) is 85.0 Å². The van der Waals surface area contributed by atoms with Crippen molar-refractivity contribution in [1.82, 2.24) is 34.5 Å². The first-order valence-electron chi connectivity index (χ1n) is 26.7. The number of ether oxygens (including phenoxy) is 3. The molecule has 0 aliphatic carbocycles. The molecule has 23 nitrogen and oxygen atoms in total. The molecule has 3 atom stereocenters. The molecule has 0 fully saturated rings. The van der Waals surface area contributed by atoms with Gasteiger partial charge in [-0.25, -0.2) is 46.2 Å². The van der Waals surface area contributed by atoms with Crippen LogP contribution in [0.5, 0.6) is 0 Å². The predicted molar refractivity (Wildman–Crippen MR) is 302 cm³/mol. The second-order valence-corrected chi connectivity index (χ2v) is 24.7. The molecule has 0 saturated heterocycles. The van der Waals surface area contributed by atoms with E-state index < -0.39 is 73.0 Å². The number of carbonyl (C=O) groups excluding carboxylic acids is 6. The van der Waals surface area contributed by atoms with Crippen LogP contribution in [0.4, 0.5) is 15.3 Å². The van der Waals surface area contributed by atoms with Gasteiger partial charge in [-0.2, -0.15) is 4.31 Å². The number of unbranched alkanes of at least 4 members (excludes halogenated alkanes) is 1. The maximum absolute atomic E-state index is 14.4. The first kappa shape index (κ1) is 61.5. The van der Waals surface area contributed by atoms with E-state index in [1.807, 2.05) is 24.3 Å². The third-order valence-corrected chi connectivity index (χ3v) is 16.6. The Morgan fingerprint density at radius 1 is 0.939 bits per heavy atom. The number of amides is 4. The Morgan fingerprint density at radius 3 is 2.29 bits per heavy atom. The van der Waals surface area contributed by atoms with Gasteiger partial charge in [0.15, 0.2) is 0 Å². The molecule has 25 heteroatoms. The summed E-state index contributed by atoms with van der Waals surface area (Å²) in [5, 5.41) is 8.53. The highest BCUT2D eigenvalue weighted by molar-refractivity contribution is 7.90. The molecule has 0 radical (unpaired) electrons. The Morgan fingerprint density at radius 2 is 1.65 bits per heavy atom. The molecule has 2 aliphatic rings. The number of sulfone groups is 1. The molecule has 436 valence electrons. The minimum absolute atomic E-state index is 0.0898. The molecule has 5 aromatic rings. The summed E-state index contributed by atoms with van der Waals surface area (Å²) in [4.78, 5) is 106. The van der Waals surface area contributed by atoms with Crippen LogP contribution in [0.15, 0.2) is 76.9 Å². The monoisotopic (exact) mass is 1170 g/mol. The number of Topliss-reactive ketones (excluding diaryl/α,β-unsaturated/α-hetero) is 1. The number of nitrogens with two attached hydrogens (primary N) is 1. The van der Waals surface area contributed by atoms with Crippen molar-refractivity contribution in [2.45, 2.75) is 129 Å². The Bertz CT molecular complexity index is 3630. The number of cyclic esters (lactones) is 1. The van der Waals surface area contributed by atoms with Crippen LogP contribution >= 0.6 is 0 Å². The maximum atomic E-state index is 14.4. The van der Waals surface area contributed by atoms with E-state index in [4.69, 9.17) is 24.9 Å². The molecule has 2 aliphatic heterocycles. The number of pyridine rings is 2. The Hall–Kier alpha value is -8.08. The highest BCUT2D eigenvalue weighted by atomic mass is 32.2. The fourth-order valence-corrected chi connectivity index (χ4v) is 11.6. The number of hydrogen-bond donors (Lipinski definition) is 4.